The van der Waals surface area contributed by atoms with Gasteiger partial charge in [0.25, 0.3) is 0 Å². The summed E-state index contributed by atoms with van der Waals surface area (Å²) in [4.78, 5) is 23.7. The third-order valence-electron chi connectivity index (χ3n) is 3.10. The molecule has 1 fully saturated rings. The van der Waals surface area contributed by atoms with Crippen LogP contribution in [0.4, 0.5) is 18.0 Å². The van der Waals surface area contributed by atoms with Crippen LogP contribution in [-0.4, -0.2) is 42.1 Å². The molecule has 0 saturated carbocycles. The summed E-state index contributed by atoms with van der Waals surface area (Å²) in [5.41, 5.74) is -3.02. The highest BCUT2D eigenvalue weighted by atomic mass is 19.4. The summed E-state index contributed by atoms with van der Waals surface area (Å²) in [5.74, 6) is 0. The number of hydrogen-bond donors (Lipinski definition) is 0. The molecule has 19 heavy (non-hydrogen) atoms. The minimum atomic E-state index is -4.57. The first-order valence-electron chi connectivity index (χ1n) is 6.02. The van der Waals surface area contributed by atoms with Crippen LogP contribution in [0.25, 0.3) is 0 Å². The second-order valence-electron chi connectivity index (χ2n) is 5.74. The third kappa shape index (κ3) is 3.61. The van der Waals surface area contributed by atoms with E-state index in [1.165, 1.54) is 4.90 Å². The van der Waals surface area contributed by atoms with Crippen molar-refractivity contribution < 1.29 is 27.5 Å². The quantitative estimate of drug-likeness (QED) is 0.694. The summed E-state index contributed by atoms with van der Waals surface area (Å²) in [6, 6.07) is 0. The molecule has 1 aliphatic heterocycles. The highest BCUT2D eigenvalue weighted by molar-refractivity contribution is 5.69. The second kappa shape index (κ2) is 5.02. The Hall–Kier alpha value is -1.27. The molecule has 1 rings (SSSR count). The predicted molar refractivity (Wildman–Crippen MR) is 61.6 cm³/mol. The van der Waals surface area contributed by atoms with Gasteiger partial charge < -0.3 is 14.4 Å². The molecule has 0 unspecified atom stereocenters. The number of aldehydes is 1. The van der Waals surface area contributed by atoms with Crippen LogP contribution >= 0.6 is 0 Å². The van der Waals surface area contributed by atoms with Gasteiger partial charge in [-0.2, -0.15) is 13.2 Å². The highest BCUT2D eigenvalue weighted by Crippen LogP contribution is 2.44. The zero-order chi connectivity index (χ0) is 14.9. The van der Waals surface area contributed by atoms with Crippen LogP contribution in [0.3, 0.4) is 0 Å². The minimum absolute atomic E-state index is 0.0422. The first-order valence-corrected chi connectivity index (χ1v) is 6.02. The lowest BCUT2D eigenvalue weighted by Gasteiger charge is -2.39. The second-order valence-corrected chi connectivity index (χ2v) is 5.74. The zero-order valence-corrected chi connectivity index (χ0v) is 11.2. The standard InChI is InChI=1S/C12H18F3NO3/c1-10(2,3)19-9(18)16-6-4-11(8-17,5-7-16)12(13,14)15/h8H,4-7H2,1-3H3. The molecular formula is C12H18F3NO3. The molecule has 1 aliphatic rings. The molecule has 0 aromatic heterocycles. The number of hydrogen-bond acceptors (Lipinski definition) is 3. The zero-order valence-electron chi connectivity index (χ0n) is 11.2. The van der Waals surface area contributed by atoms with Crippen LogP contribution in [0.1, 0.15) is 33.6 Å². The molecule has 7 heteroatoms. The number of carbonyl (C=O) groups is 2. The van der Waals surface area contributed by atoms with Crippen molar-refractivity contribution in [2.75, 3.05) is 13.1 Å². The van der Waals surface area contributed by atoms with Gasteiger partial charge in [0.05, 0.1) is 0 Å². The average molecular weight is 281 g/mol. The van der Waals surface area contributed by atoms with Crippen molar-refractivity contribution >= 4 is 12.4 Å². The Labute approximate surface area is 109 Å². The largest absolute Gasteiger partial charge is 0.444 e. The molecule has 0 aromatic rings. The Morgan fingerprint density at radius 3 is 2.00 bits per heavy atom. The van der Waals surface area contributed by atoms with Gasteiger partial charge in [-0.3, -0.25) is 0 Å². The maximum Gasteiger partial charge on any atom is 0.410 e. The Kier molecular flexibility index (Phi) is 4.17. The van der Waals surface area contributed by atoms with E-state index in [1.807, 2.05) is 0 Å². The van der Waals surface area contributed by atoms with E-state index in [9.17, 15) is 22.8 Å². The monoisotopic (exact) mass is 281 g/mol. The predicted octanol–water partition coefficient (Wildman–Crippen LogP) is 2.76. The summed E-state index contributed by atoms with van der Waals surface area (Å²) in [7, 11) is 0. The maximum atomic E-state index is 12.8. The summed E-state index contributed by atoms with van der Waals surface area (Å²) in [6.45, 7) is 4.78. The lowest BCUT2D eigenvalue weighted by Crippen LogP contribution is -2.51. The van der Waals surface area contributed by atoms with Gasteiger partial charge in [0.1, 0.15) is 17.3 Å². The summed E-state index contributed by atoms with van der Waals surface area (Å²) < 4.78 is 43.6. The van der Waals surface area contributed by atoms with Crippen LogP contribution in [0.5, 0.6) is 0 Å². The summed E-state index contributed by atoms with van der Waals surface area (Å²) >= 11 is 0. The number of ether oxygens (including phenoxy) is 1. The molecule has 4 nitrogen and oxygen atoms in total. The molecule has 0 N–H and O–H groups in total. The fourth-order valence-corrected chi connectivity index (χ4v) is 1.88. The SMILES string of the molecule is CC(C)(C)OC(=O)N1CCC(C=O)(C(F)(F)F)CC1. The first-order chi connectivity index (χ1) is 8.51. The molecule has 0 bridgehead atoms. The van der Waals surface area contributed by atoms with Gasteiger partial charge in [-0.25, -0.2) is 4.79 Å². The fraction of sp³-hybridized carbons (Fsp3) is 0.833. The van der Waals surface area contributed by atoms with Crippen molar-refractivity contribution in [2.24, 2.45) is 5.41 Å². The van der Waals surface area contributed by atoms with Gasteiger partial charge in [0.2, 0.25) is 0 Å². The number of alkyl halides is 3. The van der Waals surface area contributed by atoms with Crippen molar-refractivity contribution in [1.29, 1.82) is 0 Å². The molecule has 0 aliphatic carbocycles. The number of likely N-dealkylation sites (tertiary alicyclic amines) is 1. The third-order valence-corrected chi connectivity index (χ3v) is 3.10. The van der Waals surface area contributed by atoms with Gasteiger partial charge in [0.15, 0.2) is 0 Å². The number of rotatable bonds is 1. The lowest BCUT2D eigenvalue weighted by molar-refractivity contribution is -0.224. The molecule has 110 valence electrons. The van der Waals surface area contributed by atoms with Crippen molar-refractivity contribution in [2.45, 2.75) is 45.4 Å². The molecule has 1 amide bonds. The highest BCUT2D eigenvalue weighted by Gasteiger charge is 2.56. The molecule has 1 heterocycles. The number of halogens is 3. The fourth-order valence-electron chi connectivity index (χ4n) is 1.88. The molecule has 0 atom stereocenters. The molecular weight excluding hydrogens is 263 g/mol. The van der Waals surface area contributed by atoms with E-state index in [0.717, 1.165) is 0 Å². The van der Waals surface area contributed by atoms with E-state index in [2.05, 4.69) is 0 Å². The van der Waals surface area contributed by atoms with Crippen LogP contribution < -0.4 is 0 Å². The van der Waals surface area contributed by atoms with Crippen LogP contribution in [0, 0.1) is 5.41 Å². The van der Waals surface area contributed by atoms with E-state index < -0.39 is 36.1 Å². The van der Waals surface area contributed by atoms with Crippen LogP contribution in [0.15, 0.2) is 0 Å². The van der Waals surface area contributed by atoms with Crippen LogP contribution in [0.2, 0.25) is 0 Å². The lowest BCUT2D eigenvalue weighted by atomic mass is 9.79. The number of carbonyl (C=O) groups excluding carboxylic acids is 2. The Morgan fingerprint density at radius 1 is 1.21 bits per heavy atom. The van der Waals surface area contributed by atoms with E-state index >= 15 is 0 Å². The number of amides is 1. The van der Waals surface area contributed by atoms with Crippen molar-refractivity contribution in [1.82, 2.24) is 4.90 Å². The van der Waals surface area contributed by atoms with Crippen molar-refractivity contribution in [3.8, 4) is 0 Å². The van der Waals surface area contributed by atoms with E-state index in [1.54, 1.807) is 20.8 Å². The smallest absolute Gasteiger partial charge is 0.410 e. The van der Waals surface area contributed by atoms with Gasteiger partial charge in [-0.1, -0.05) is 0 Å². The van der Waals surface area contributed by atoms with E-state index in [0.29, 0.717) is 0 Å². The molecule has 1 saturated heterocycles. The number of piperidine rings is 1. The van der Waals surface area contributed by atoms with Gasteiger partial charge in [-0.05, 0) is 33.6 Å². The maximum absolute atomic E-state index is 12.8. The van der Waals surface area contributed by atoms with Gasteiger partial charge >= 0.3 is 12.3 Å². The Balaban J connectivity index is 2.67. The van der Waals surface area contributed by atoms with E-state index in [4.69, 9.17) is 4.74 Å². The Bertz CT molecular complexity index is 352. The topological polar surface area (TPSA) is 46.6 Å². The van der Waals surface area contributed by atoms with Gasteiger partial charge in [-0.15, -0.1) is 0 Å². The molecule has 0 aromatic carbocycles. The average Bonchev–Trinajstić information content (AvgIpc) is 2.25. The minimum Gasteiger partial charge on any atom is -0.444 e. The Morgan fingerprint density at radius 2 is 1.68 bits per heavy atom. The normalized spacial score (nSPS) is 20.0. The number of nitrogens with zero attached hydrogens (tertiary/aromatic N) is 1. The molecule has 0 radical (unpaired) electrons. The van der Waals surface area contributed by atoms with Crippen LogP contribution in [-0.2, 0) is 9.53 Å². The van der Waals surface area contributed by atoms with Gasteiger partial charge in [0, 0.05) is 13.1 Å². The van der Waals surface area contributed by atoms with Crippen molar-refractivity contribution in [3.63, 3.8) is 0 Å². The summed E-state index contributed by atoms with van der Waals surface area (Å²) in [5, 5.41) is 0. The van der Waals surface area contributed by atoms with Crippen molar-refractivity contribution in [3.05, 3.63) is 0 Å². The molecule has 0 spiro atoms. The first kappa shape index (κ1) is 15.8. The summed E-state index contributed by atoms with van der Waals surface area (Å²) in [6.07, 6.45) is -6.10. The van der Waals surface area contributed by atoms with E-state index in [-0.39, 0.29) is 19.4 Å².